The van der Waals surface area contributed by atoms with E-state index < -0.39 is 11.5 Å². The predicted octanol–water partition coefficient (Wildman–Crippen LogP) is -0.256. The van der Waals surface area contributed by atoms with Crippen LogP contribution in [-0.2, 0) is 16.1 Å². The third kappa shape index (κ3) is 3.08. The van der Waals surface area contributed by atoms with Crippen LogP contribution < -0.4 is 11.1 Å². The van der Waals surface area contributed by atoms with Crippen LogP contribution in [0.2, 0.25) is 0 Å². The van der Waals surface area contributed by atoms with Gasteiger partial charge in [-0.25, -0.2) is 0 Å². The van der Waals surface area contributed by atoms with Crippen LogP contribution in [0.5, 0.6) is 0 Å². The van der Waals surface area contributed by atoms with Crippen LogP contribution in [0.15, 0.2) is 4.52 Å². The summed E-state index contributed by atoms with van der Waals surface area (Å²) in [5.74, 6) is -1.10. The number of ether oxygens (including phenoxy) is 1. The molecule has 2 rings (SSSR count). The number of amides is 2. The Kier molecular flexibility index (Phi) is 3.79. The summed E-state index contributed by atoms with van der Waals surface area (Å²) in [5.41, 5.74) is 4.17. The molecular weight excluding hydrogens is 252 g/mol. The van der Waals surface area contributed by atoms with E-state index in [2.05, 4.69) is 20.0 Å². The van der Waals surface area contributed by atoms with Crippen LogP contribution in [0.1, 0.15) is 42.7 Å². The van der Waals surface area contributed by atoms with E-state index in [1.165, 1.54) is 0 Å². The fraction of sp³-hybridized carbons (Fsp3) is 0.636. The number of carbonyl (C=O) groups is 2. The zero-order valence-electron chi connectivity index (χ0n) is 10.6. The SMILES string of the molecule is C[C@@]1(C(=O)NCc2noc(C(N)=O)n2)CCCCO1. The lowest BCUT2D eigenvalue weighted by Crippen LogP contribution is -2.48. The highest BCUT2D eigenvalue weighted by Crippen LogP contribution is 2.24. The number of rotatable bonds is 4. The Morgan fingerprint density at radius 3 is 2.84 bits per heavy atom. The third-order valence-corrected chi connectivity index (χ3v) is 3.04. The molecule has 8 nitrogen and oxygen atoms in total. The Bertz CT molecular complexity index is 479. The molecule has 0 radical (unpaired) electrons. The number of primary amides is 1. The van der Waals surface area contributed by atoms with Gasteiger partial charge in [-0.3, -0.25) is 9.59 Å². The molecule has 0 saturated carbocycles. The van der Waals surface area contributed by atoms with E-state index in [-0.39, 0.29) is 24.2 Å². The van der Waals surface area contributed by atoms with Crippen molar-refractivity contribution >= 4 is 11.8 Å². The zero-order chi connectivity index (χ0) is 13.9. The number of carbonyl (C=O) groups excluding carboxylic acids is 2. The van der Waals surface area contributed by atoms with E-state index in [1.807, 2.05) is 0 Å². The van der Waals surface area contributed by atoms with Crippen LogP contribution in [0.4, 0.5) is 0 Å². The van der Waals surface area contributed by atoms with Crippen molar-refractivity contribution in [3.05, 3.63) is 11.7 Å². The third-order valence-electron chi connectivity index (χ3n) is 3.04. The monoisotopic (exact) mass is 268 g/mol. The van der Waals surface area contributed by atoms with Gasteiger partial charge in [0.05, 0.1) is 6.54 Å². The second-order valence-electron chi connectivity index (χ2n) is 4.60. The van der Waals surface area contributed by atoms with Gasteiger partial charge in [0.1, 0.15) is 5.60 Å². The highest BCUT2D eigenvalue weighted by molar-refractivity contribution is 5.87. The maximum absolute atomic E-state index is 12.0. The topological polar surface area (TPSA) is 120 Å². The minimum atomic E-state index is -0.811. The van der Waals surface area contributed by atoms with E-state index in [4.69, 9.17) is 10.5 Å². The number of nitrogens with two attached hydrogens (primary N) is 1. The van der Waals surface area contributed by atoms with Crippen molar-refractivity contribution in [2.75, 3.05) is 6.61 Å². The number of aromatic nitrogens is 2. The van der Waals surface area contributed by atoms with Gasteiger partial charge in [-0.15, -0.1) is 0 Å². The molecule has 0 aliphatic carbocycles. The first-order chi connectivity index (χ1) is 9.01. The minimum Gasteiger partial charge on any atom is -0.365 e. The van der Waals surface area contributed by atoms with Gasteiger partial charge in [0.15, 0.2) is 5.82 Å². The summed E-state index contributed by atoms with van der Waals surface area (Å²) in [4.78, 5) is 26.5. The molecule has 104 valence electrons. The number of hydrogen-bond acceptors (Lipinski definition) is 6. The maximum atomic E-state index is 12.0. The highest BCUT2D eigenvalue weighted by Gasteiger charge is 2.35. The van der Waals surface area contributed by atoms with E-state index >= 15 is 0 Å². The van der Waals surface area contributed by atoms with Gasteiger partial charge in [0.25, 0.3) is 5.91 Å². The summed E-state index contributed by atoms with van der Waals surface area (Å²) in [7, 11) is 0. The van der Waals surface area contributed by atoms with E-state index in [9.17, 15) is 9.59 Å². The fourth-order valence-corrected chi connectivity index (χ4v) is 1.89. The van der Waals surface area contributed by atoms with Crippen LogP contribution in [0, 0.1) is 0 Å². The molecular formula is C11H16N4O4. The zero-order valence-corrected chi connectivity index (χ0v) is 10.6. The molecule has 1 aromatic heterocycles. The molecule has 19 heavy (non-hydrogen) atoms. The van der Waals surface area contributed by atoms with Crippen LogP contribution in [0.25, 0.3) is 0 Å². The molecule has 1 aliphatic heterocycles. The lowest BCUT2D eigenvalue weighted by Gasteiger charge is -2.32. The van der Waals surface area contributed by atoms with Gasteiger partial charge in [-0.2, -0.15) is 4.98 Å². The van der Waals surface area contributed by atoms with Gasteiger partial charge in [0, 0.05) is 6.61 Å². The lowest BCUT2D eigenvalue weighted by molar-refractivity contribution is -0.150. The molecule has 1 atom stereocenters. The Balaban J connectivity index is 1.90. The molecule has 1 saturated heterocycles. The van der Waals surface area contributed by atoms with Crippen LogP contribution >= 0.6 is 0 Å². The first kappa shape index (κ1) is 13.5. The first-order valence-corrected chi connectivity index (χ1v) is 6.06. The minimum absolute atomic E-state index is 0.0641. The Labute approximate surface area is 109 Å². The number of nitrogens with zero attached hydrogens (tertiary/aromatic N) is 2. The molecule has 2 heterocycles. The van der Waals surface area contributed by atoms with Crippen LogP contribution in [-0.4, -0.2) is 34.2 Å². The smallest absolute Gasteiger partial charge is 0.315 e. The lowest BCUT2D eigenvalue weighted by atomic mass is 9.95. The molecule has 0 spiro atoms. The average molecular weight is 268 g/mol. The quantitative estimate of drug-likeness (QED) is 0.776. The number of hydrogen-bond donors (Lipinski definition) is 2. The highest BCUT2D eigenvalue weighted by atomic mass is 16.5. The van der Waals surface area contributed by atoms with Crippen molar-refractivity contribution in [2.45, 2.75) is 38.3 Å². The predicted molar refractivity (Wildman–Crippen MR) is 62.9 cm³/mol. The van der Waals surface area contributed by atoms with E-state index in [0.29, 0.717) is 13.0 Å². The van der Waals surface area contributed by atoms with Crippen molar-refractivity contribution in [1.29, 1.82) is 0 Å². The normalized spacial score (nSPS) is 23.0. The molecule has 0 bridgehead atoms. The second-order valence-corrected chi connectivity index (χ2v) is 4.60. The summed E-state index contributed by atoms with van der Waals surface area (Å²) in [6.07, 6.45) is 2.60. The van der Waals surface area contributed by atoms with Crippen molar-refractivity contribution < 1.29 is 18.8 Å². The first-order valence-electron chi connectivity index (χ1n) is 6.06. The fourth-order valence-electron chi connectivity index (χ4n) is 1.89. The maximum Gasteiger partial charge on any atom is 0.315 e. The average Bonchev–Trinajstić information content (AvgIpc) is 2.85. The van der Waals surface area contributed by atoms with E-state index in [0.717, 1.165) is 12.8 Å². The Hall–Kier alpha value is -1.96. The summed E-state index contributed by atoms with van der Waals surface area (Å²) in [6, 6.07) is 0. The molecule has 1 fully saturated rings. The molecule has 1 aromatic rings. The summed E-state index contributed by atoms with van der Waals surface area (Å²) < 4.78 is 10.1. The molecule has 3 N–H and O–H groups in total. The molecule has 0 aromatic carbocycles. The van der Waals surface area contributed by atoms with Gasteiger partial charge in [-0.05, 0) is 26.2 Å². The molecule has 1 aliphatic rings. The van der Waals surface area contributed by atoms with E-state index in [1.54, 1.807) is 6.92 Å². The Morgan fingerprint density at radius 2 is 2.26 bits per heavy atom. The molecule has 8 heteroatoms. The van der Waals surface area contributed by atoms with Crippen molar-refractivity contribution in [3.8, 4) is 0 Å². The second kappa shape index (κ2) is 5.35. The van der Waals surface area contributed by atoms with Crippen molar-refractivity contribution in [2.24, 2.45) is 5.73 Å². The van der Waals surface area contributed by atoms with Gasteiger partial charge in [-0.1, -0.05) is 5.16 Å². The van der Waals surface area contributed by atoms with Crippen LogP contribution in [0.3, 0.4) is 0 Å². The standard InChI is InChI=1S/C11H16N4O4/c1-11(4-2-3-5-18-11)10(17)13-6-7-14-9(8(12)16)19-15-7/h2-6H2,1H3,(H2,12,16)(H,13,17)/t11-/m0/s1. The van der Waals surface area contributed by atoms with Gasteiger partial charge in [0.2, 0.25) is 0 Å². The molecule has 2 amide bonds. The molecule has 0 unspecified atom stereocenters. The van der Waals surface area contributed by atoms with Crippen molar-refractivity contribution in [1.82, 2.24) is 15.5 Å². The van der Waals surface area contributed by atoms with Crippen molar-refractivity contribution in [3.63, 3.8) is 0 Å². The number of nitrogens with one attached hydrogen (secondary N) is 1. The van der Waals surface area contributed by atoms with Gasteiger partial charge < -0.3 is 20.3 Å². The summed E-state index contributed by atoms with van der Waals surface area (Å²) in [5, 5.41) is 6.20. The largest absolute Gasteiger partial charge is 0.365 e. The van der Waals surface area contributed by atoms with Gasteiger partial charge >= 0.3 is 11.8 Å². The summed E-state index contributed by atoms with van der Waals surface area (Å²) in [6.45, 7) is 2.40. The summed E-state index contributed by atoms with van der Waals surface area (Å²) >= 11 is 0. The Morgan fingerprint density at radius 1 is 1.47 bits per heavy atom.